The molecular weight excluding hydrogens is 306 g/mol. The fraction of sp³-hybridized carbons (Fsp3) is 0.222. The molecule has 2 aromatic rings. The Kier molecular flexibility index (Phi) is 6.19. The van der Waals surface area contributed by atoms with Crippen molar-refractivity contribution in [1.82, 2.24) is 10.6 Å². The van der Waals surface area contributed by atoms with Gasteiger partial charge in [-0.3, -0.25) is 4.79 Å². The first-order valence-corrected chi connectivity index (χ1v) is 7.63. The number of anilines is 1. The number of rotatable bonds is 6. The van der Waals surface area contributed by atoms with Crippen molar-refractivity contribution < 1.29 is 14.3 Å². The Bertz CT molecular complexity index is 716. The van der Waals surface area contributed by atoms with Crippen LogP contribution in [0.2, 0.25) is 0 Å². The van der Waals surface area contributed by atoms with Crippen LogP contribution in [0.25, 0.3) is 0 Å². The predicted octanol–water partition coefficient (Wildman–Crippen LogP) is 2.42. The largest absolute Gasteiger partial charge is 0.496 e. The molecule has 0 saturated heterocycles. The van der Waals surface area contributed by atoms with Crippen LogP contribution in [0.15, 0.2) is 48.5 Å². The molecule has 0 radical (unpaired) electrons. The summed E-state index contributed by atoms with van der Waals surface area (Å²) in [5, 5.41) is 8.02. The number of para-hydroxylation sites is 2. The van der Waals surface area contributed by atoms with Crippen molar-refractivity contribution in [2.75, 3.05) is 26.0 Å². The topological polar surface area (TPSA) is 79.5 Å². The van der Waals surface area contributed by atoms with Crippen LogP contribution < -0.4 is 20.7 Å². The third kappa shape index (κ3) is 4.49. The molecule has 2 aromatic carbocycles. The molecule has 0 aliphatic rings. The fourth-order valence-electron chi connectivity index (χ4n) is 2.31. The van der Waals surface area contributed by atoms with E-state index in [-0.39, 0.29) is 11.9 Å². The molecule has 0 aromatic heterocycles. The number of methoxy groups -OCH3 is 1. The number of hydrogen-bond acceptors (Lipinski definition) is 3. The van der Waals surface area contributed by atoms with Gasteiger partial charge in [-0.05, 0) is 30.2 Å². The molecular formula is C18H21N3O3. The highest BCUT2D eigenvalue weighted by molar-refractivity contribution is 6.03. The number of urea groups is 1. The molecule has 0 aliphatic carbocycles. The van der Waals surface area contributed by atoms with Crippen LogP contribution in [-0.4, -0.2) is 32.6 Å². The lowest BCUT2D eigenvalue weighted by Gasteiger charge is -2.12. The number of carbonyl (C=O) groups excluding carboxylic acids is 2. The van der Waals surface area contributed by atoms with Gasteiger partial charge in [0.25, 0.3) is 5.91 Å². The second kappa shape index (κ2) is 8.57. The highest BCUT2D eigenvalue weighted by Gasteiger charge is 2.11. The van der Waals surface area contributed by atoms with Gasteiger partial charge in [0.2, 0.25) is 0 Å². The molecule has 6 nitrogen and oxygen atoms in total. The monoisotopic (exact) mass is 327 g/mol. The maximum Gasteiger partial charge on any atom is 0.319 e. The van der Waals surface area contributed by atoms with Crippen molar-refractivity contribution >= 4 is 17.6 Å². The number of carbonyl (C=O) groups is 2. The van der Waals surface area contributed by atoms with Crippen LogP contribution in [0, 0.1) is 0 Å². The smallest absolute Gasteiger partial charge is 0.319 e. The first-order valence-electron chi connectivity index (χ1n) is 7.63. The highest BCUT2D eigenvalue weighted by atomic mass is 16.5. The third-order valence-electron chi connectivity index (χ3n) is 3.52. The summed E-state index contributed by atoms with van der Waals surface area (Å²) >= 11 is 0. The van der Waals surface area contributed by atoms with Crippen LogP contribution in [-0.2, 0) is 6.42 Å². The van der Waals surface area contributed by atoms with E-state index in [0.717, 1.165) is 11.3 Å². The lowest BCUT2D eigenvalue weighted by atomic mass is 10.1. The van der Waals surface area contributed by atoms with E-state index in [0.29, 0.717) is 24.2 Å². The average Bonchev–Trinajstić information content (AvgIpc) is 2.62. The Hall–Kier alpha value is -3.02. The van der Waals surface area contributed by atoms with E-state index >= 15 is 0 Å². The van der Waals surface area contributed by atoms with Crippen molar-refractivity contribution in [3.63, 3.8) is 0 Å². The maximum absolute atomic E-state index is 12.0. The molecule has 0 heterocycles. The van der Waals surface area contributed by atoms with Crippen molar-refractivity contribution in [2.24, 2.45) is 0 Å². The van der Waals surface area contributed by atoms with Crippen LogP contribution >= 0.6 is 0 Å². The number of nitrogens with one attached hydrogen (secondary N) is 3. The van der Waals surface area contributed by atoms with Gasteiger partial charge in [0.1, 0.15) is 5.75 Å². The van der Waals surface area contributed by atoms with Crippen LogP contribution in [0.3, 0.4) is 0 Å². The van der Waals surface area contributed by atoms with E-state index in [1.165, 1.54) is 0 Å². The molecule has 6 heteroatoms. The van der Waals surface area contributed by atoms with Crippen LogP contribution in [0.5, 0.6) is 5.75 Å². The van der Waals surface area contributed by atoms with Gasteiger partial charge in [0.05, 0.1) is 18.4 Å². The zero-order valence-corrected chi connectivity index (χ0v) is 13.8. The summed E-state index contributed by atoms with van der Waals surface area (Å²) in [6.07, 6.45) is 0.647. The number of ether oxygens (including phenoxy) is 1. The predicted molar refractivity (Wildman–Crippen MR) is 93.6 cm³/mol. The van der Waals surface area contributed by atoms with E-state index in [1.54, 1.807) is 38.4 Å². The van der Waals surface area contributed by atoms with Crippen LogP contribution in [0.4, 0.5) is 10.5 Å². The van der Waals surface area contributed by atoms with Gasteiger partial charge >= 0.3 is 6.03 Å². The molecule has 3 amide bonds. The van der Waals surface area contributed by atoms with Crippen molar-refractivity contribution in [2.45, 2.75) is 6.42 Å². The molecule has 0 unspecified atom stereocenters. The number of benzene rings is 2. The Morgan fingerprint density at radius 1 is 1.04 bits per heavy atom. The molecule has 24 heavy (non-hydrogen) atoms. The van der Waals surface area contributed by atoms with Crippen molar-refractivity contribution in [3.8, 4) is 5.75 Å². The van der Waals surface area contributed by atoms with Gasteiger partial charge in [0.15, 0.2) is 0 Å². The summed E-state index contributed by atoms with van der Waals surface area (Å²) in [6.45, 7) is 0.453. The molecule has 3 N–H and O–H groups in total. The second-order valence-electron chi connectivity index (χ2n) is 5.07. The lowest BCUT2D eigenvalue weighted by molar-refractivity contribution is 0.0964. The minimum atomic E-state index is -0.360. The molecule has 0 fully saturated rings. The summed E-state index contributed by atoms with van der Waals surface area (Å²) in [7, 11) is 3.17. The van der Waals surface area contributed by atoms with E-state index < -0.39 is 0 Å². The SMILES string of the molecule is CNC(=O)c1ccccc1NC(=O)NCCc1ccccc1OC. The molecule has 0 spiro atoms. The number of hydrogen-bond donors (Lipinski definition) is 3. The van der Waals surface area contributed by atoms with Gasteiger partial charge < -0.3 is 20.7 Å². The normalized spacial score (nSPS) is 9.92. The first kappa shape index (κ1) is 17.3. The Morgan fingerprint density at radius 3 is 2.50 bits per heavy atom. The molecule has 0 bridgehead atoms. The Morgan fingerprint density at radius 2 is 1.75 bits per heavy atom. The average molecular weight is 327 g/mol. The van der Waals surface area contributed by atoms with E-state index in [4.69, 9.17) is 4.74 Å². The van der Waals surface area contributed by atoms with E-state index in [1.807, 2.05) is 24.3 Å². The Balaban J connectivity index is 1.91. The molecule has 0 atom stereocenters. The number of amides is 3. The fourth-order valence-corrected chi connectivity index (χ4v) is 2.31. The van der Waals surface area contributed by atoms with E-state index in [2.05, 4.69) is 16.0 Å². The maximum atomic E-state index is 12.0. The standard InChI is InChI=1S/C18H21N3O3/c1-19-17(22)14-8-4-5-9-15(14)21-18(23)20-12-11-13-7-3-6-10-16(13)24-2/h3-10H,11-12H2,1-2H3,(H,19,22)(H2,20,21,23). The van der Waals surface area contributed by atoms with Crippen molar-refractivity contribution in [1.29, 1.82) is 0 Å². The van der Waals surface area contributed by atoms with Crippen LogP contribution in [0.1, 0.15) is 15.9 Å². The third-order valence-corrected chi connectivity index (χ3v) is 3.52. The molecule has 0 aliphatic heterocycles. The highest BCUT2D eigenvalue weighted by Crippen LogP contribution is 2.17. The van der Waals surface area contributed by atoms with Gasteiger partial charge in [-0.2, -0.15) is 0 Å². The second-order valence-corrected chi connectivity index (χ2v) is 5.07. The molecule has 0 saturated carbocycles. The lowest BCUT2D eigenvalue weighted by Crippen LogP contribution is -2.31. The Labute approximate surface area is 141 Å². The van der Waals surface area contributed by atoms with Gasteiger partial charge in [-0.25, -0.2) is 4.79 Å². The molecule has 126 valence electrons. The van der Waals surface area contributed by atoms with Gasteiger partial charge in [-0.15, -0.1) is 0 Å². The first-order chi connectivity index (χ1) is 11.7. The summed E-state index contributed by atoms with van der Waals surface area (Å²) in [4.78, 5) is 23.8. The quantitative estimate of drug-likeness (QED) is 0.762. The zero-order chi connectivity index (χ0) is 17.4. The minimum absolute atomic E-state index is 0.250. The zero-order valence-electron chi connectivity index (χ0n) is 13.8. The van der Waals surface area contributed by atoms with E-state index in [9.17, 15) is 9.59 Å². The minimum Gasteiger partial charge on any atom is -0.496 e. The van der Waals surface area contributed by atoms with Crippen molar-refractivity contribution in [3.05, 3.63) is 59.7 Å². The summed E-state index contributed by atoms with van der Waals surface area (Å²) in [5.41, 5.74) is 1.90. The summed E-state index contributed by atoms with van der Waals surface area (Å²) in [5.74, 6) is 0.546. The van der Waals surface area contributed by atoms with Gasteiger partial charge in [0, 0.05) is 13.6 Å². The summed E-state index contributed by atoms with van der Waals surface area (Å²) in [6, 6.07) is 14.2. The molecule has 2 rings (SSSR count). The summed E-state index contributed by atoms with van der Waals surface area (Å²) < 4.78 is 5.28. The van der Waals surface area contributed by atoms with Gasteiger partial charge in [-0.1, -0.05) is 30.3 Å².